The van der Waals surface area contributed by atoms with Crippen LogP contribution in [0.15, 0.2) is 53.6 Å². The number of aromatic amines is 1. The van der Waals surface area contributed by atoms with Crippen molar-refractivity contribution in [3.05, 3.63) is 70.5 Å². The Morgan fingerprint density at radius 3 is 2.68 bits per heavy atom. The Bertz CT molecular complexity index is 921. The van der Waals surface area contributed by atoms with Gasteiger partial charge in [0.05, 0.1) is 17.4 Å². The van der Waals surface area contributed by atoms with Crippen LogP contribution in [0.2, 0.25) is 0 Å². The second-order valence-electron chi connectivity index (χ2n) is 5.85. The summed E-state index contributed by atoms with van der Waals surface area (Å²) >= 11 is 0. The van der Waals surface area contributed by atoms with Gasteiger partial charge in [0, 0.05) is 24.5 Å². The Morgan fingerprint density at radius 1 is 1.16 bits per heavy atom. The van der Waals surface area contributed by atoms with E-state index in [4.69, 9.17) is 0 Å². The molecule has 6 heteroatoms. The number of unbranched alkanes of at least 4 members (excludes halogenated alkanes) is 1. The van der Waals surface area contributed by atoms with Gasteiger partial charge in [-0.25, -0.2) is 4.98 Å². The summed E-state index contributed by atoms with van der Waals surface area (Å²) in [6, 6.07) is 10.6. The van der Waals surface area contributed by atoms with Gasteiger partial charge >= 0.3 is 0 Å². The molecule has 128 valence electrons. The zero-order valence-corrected chi connectivity index (χ0v) is 14.1. The molecule has 2 aromatic heterocycles. The first-order valence-electron chi connectivity index (χ1n) is 8.36. The van der Waals surface area contributed by atoms with Crippen LogP contribution in [-0.4, -0.2) is 32.3 Å². The maximum atomic E-state index is 12.8. The van der Waals surface area contributed by atoms with Crippen LogP contribution in [0.1, 0.15) is 35.9 Å². The zero-order valence-electron chi connectivity index (χ0n) is 14.1. The van der Waals surface area contributed by atoms with E-state index in [1.54, 1.807) is 47.6 Å². The molecular formula is C19H20N4O2. The monoisotopic (exact) mass is 336 g/mol. The smallest absolute Gasteiger partial charge is 0.258 e. The summed E-state index contributed by atoms with van der Waals surface area (Å²) in [4.78, 5) is 38.0. The Hall–Kier alpha value is -3.02. The summed E-state index contributed by atoms with van der Waals surface area (Å²) in [6.45, 7) is 2.95. The number of nitrogens with zero attached hydrogens (tertiary/aromatic N) is 3. The maximum absolute atomic E-state index is 12.8. The van der Waals surface area contributed by atoms with Crippen LogP contribution in [0.25, 0.3) is 10.9 Å². The standard InChI is InChI=1S/C19H20N4O2/c1-2-3-12-23(19(25)14-8-10-20-11-9-14)13-17-21-16-7-5-4-6-15(16)18(24)22-17/h4-11H,2-3,12-13H2,1H3,(H,21,22,24). The van der Waals surface area contributed by atoms with Crippen LogP contribution in [0.4, 0.5) is 0 Å². The van der Waals surface area contributed by atoms with Crippen molar-refractivity contribution in [3.8, 4) is 0 Å². The largest absolute Gasteiger partial charge is 0.331 e. The highest BCUT2D eigenvalue weighted by Gasteiger charge is 2.17. The molecule has 3 rings (SSSR count). The van der Waals surface area contributed by atoms with Gasteiger partial charge in [0.2, 0.25) is 0 Å². The lowest BCUT2D eigenvalue weighted by Gasteiger charge is -2.22. The van der Waals surface area contributed by atoms with E-state index in [9.17, 15) is 9.59 Å². The quantitative estimate of drug-likeness (QED) is 0.751. The summed E-state index contributed by atoms with van der Waals surface area (Å²) in [5.74, 6) is 0.397. The Morgan fingerprint density at radius 2 is 1.92 bits per heavy atom. The summed E-state index contributed by atoms with van der Waals surface area (Å²) < 4.78 is 0. The first-order chi connectivity index (χ1) is 12.2. The molecular weight excluding hydrogens is 316 g/mol. The summed E-state index contributed by atoms with van der Waals surface area (Å²) in [6.07, 6.45) is 5.05. The van der Waals surface area contributed by atoms with Crippen LogP contribution in [0.3, 0.4) is 0 Å². The molecule has 25 heavy (non-hydrogen) atoms. The average molecular weight is 336 g/mol. The number of nitrogens with one attached hydrogen (secondary N) is 1. The van der Waals surface area contributed by atoms with E-state index in [0.717, 1.165) is 12.8 Å². The van der Waals surface area contributed by atoms with Crippen molar-refractivity contribution in [2.24, 2.45) is 0 Å². The van der Waals surface area contributed by atoms with Crippen molar-refractivity contribution in [3.63, 3.8) is 0 Å². The summed E-state index contributed by atoms with van der Waals surface area (Å²) in [5, 5.41) is 0.548. The molecule has 2 heterocycles. The minimum Gasteiger partial charge on any atom is -0.331 e. The van der Waals surface area contributed by atoms with Crippen LogP contribution in [0, 0.1) is 0 Å². The van der Waals surface area contributed by atoms with E-state index >= 15 is 0 Å². The molecule has 6 nitrogen and oxygen atoms in total. The highest BCUT2D eigenvalue weighted by molar-refractivity contribution is 5.94. The van der Waals surface area contributed by atoms with E-state index in [1.807, 2.05) is 6.07 Å². The number of H-pyrrole nitrogens is 1. The predicted molar refractivity (Wildman–Crippen MR) is 96.2 cm³/mol. The van der Waals surface area contributed by atoms with Crippen molar-refractivity contribution in [2.45, 2.75) is 26.3 Å². The van der Waals surface area contributed by atoms with Crippen LogP contribution in [0.5, 0.6) is 0 Å². The number of fused-ring (bicyclic) bond motifs is 1. The third-order valence-corrected chi connectivity index (χ3v) is 4.00. The molecule has 0 aliphatic rings. The van der Waals surface area contributed by atoms with Crippen LogP contribution >= 0.6 is 0 Å². The first-order valence-corrected chi connectivity index (χ1v) is 8.36. The van der Waals surface area contributed by atoms with Gasteiger partial charge in [0.15, 0.2) is 0 Å². The lowest BCUT2D eigenvalue weighted by molar-refractivity contribution is 0.0736. The Balaban J connectivity index is 1.90. The highest BCUT2D eigenvalue weighted by atomic mass is 16.2. The van der Waals surface area contributed by atoms with Crippen molar-refractivity contribution >= 4 is 16.8 Å². The number of aromatic nitrogens is 3. The molecule has 0 aliphatic heterocycles. The second-order valence-corrected chi connectivity index (χ2v) is 5.85. The average Bonchev–Trinajstić information content (AvgIpc) is 2.65. The van der Waals surface area contributed by atoms with Crippen molar-refractivity contribution in [2.75, 3.05) is 6.54 Å². The van der Waals surface area contributed by atoms with E-state index in [0.29, 0.717) is 28.8 Å². The Kier molecular flexibility index (Phi) is 5.18. The van der Waals surface area contributed by atoms with E-state index in [-0.39, 0.29) is 18.0 Å². The number of carbonyl (C=O) groups excluding carboxylic acids is 1. The summed E-state index contributed by atoms with van der Waals surface area (Å²) in [7, 11) is 0. The van der Waals surface area contributed by atoms with Gasteiger partial charge in [0.1, 0.15) is 5.82 Å². The lowest BCUT2D eigenvalue weighted by atomic mass is 10.2. The minimum absolute atomic E-state index is 0.0911. The van der Waals surface area contributed by atoms with Gasteiger partial charge < -0.3 is 9.88 Å². The third kappa shape index (κ3) is 3.91. The third-order valence-electron chi connectivity index (χ3n) is 4.00. The van der Waals surface area contributed by atoms with Crippen molar-refractivity contribution in [1.29, 1.82) is 0 Å². The molecule has 0 radical (unpaired) electrons. The predicted octanol–water partition coefficient (Wildman–Crippen LogP) is 2.76. The number of rotatable bonds is 6. The summed E-state index contributed by atoms with van der Waals surface area (Å²) in [5.41, 5.74) is 1.02. The van der Waals surface area contributed by atoms with Crippen LogP contribution < -0.4 is 5.56 Å². The number of hydrogen-bond donors (Lipinski definition) is 1. The Labute approximate surface area is 145 Å². The van der Waals surface area contributed by atoms with Gasteiger partial charge in [0.25, 0.3) is 11.5 Å². The number of para-hydroxylation sites is 1. The number of pyridine rings is 1. The highest BCUT2D eigenvalue weighted by Crippen LogP contribution is 2.11. The SMILES string of the molecule is CCCCN(Cc1nc2ccccc2c(=O)[nH]1)C(=O)c1ccncc1. The molecule has 0 spiro atoms. The lowest BCUT2D eigenvalue weighted by Crippen LogP contribution is -2.33. The fourth-order valence-electron chi connectivity index (χ4n) is 2.67. The van der Waals surface area contributed by atoms with Crippen molar-refractivity contribution in [1.82, 2.24) is 19.9 Å². The van der Waals surface area contributed by atoms with Crippen molar-refractivity contribution < 1.29 is 4.79 Å². The topological polar surface area (TPSA) is 79.0 Å². The number of amides is 1. The molecule has 0 saturated heterocycles. The minimum atomic E-state index is -0.188. The first kappa shape index (κ1) is 16.8. The molecule has 1 N–H and O–H groups in total. The zero-order chi connectivity index (χ0) is 17.6. The molecule has 0 atom stereocenters. The molecule has 0 bridgehead atoms. The fourth-order valence-corrected chi connectivity index (χ4v) is 2.67. The van der Waals surface area contributed by atoms with Crippen LogP contribution in [-0.2, 0) is 6.54 Å². The number of benzene rings is 1. The van der Waals surface area contributed by atoms with Gasteiger partial charge in [-0.1, -0.05) is 25.5 Å². The normalized spacial score (nSPS) is 10.8. The van der Waals surface area contributed by atoms with E-state index in [2.05, 4.69) is 21.9 Å². The van der Waals surface area contributed by atoms with Gasteiger partial charge in [-0.05, 0) is 30.7 Å². The molecule has 0 aliphatic carbocycles. The molecule has 0 saturated carbocycles. The van der Waals surface area contributed by atoms with Gasteiger partial charge in [-0.15, -0.1) is 0 Å². The van der Waals surface area contributed by atoms with Gasteiger partial charge in [-0.2, -0.15) is 0 Å². The van der Waals surface area contributed by atoms with E-state index in [1.165, 1.54) is 0 Å². The second kappa shape index (κ2) is 7.70. The molecule has 1 aromatic carbocycles. The molecule has 1 amide bonds. The van der Waals surface area contributed by atoms with Gasteiger partial charge in [-0.3, -0.25) is 14.6 Å². The molecule has 0 unspecified atom stereocenters. The fraction of sp³-hybridized carbons (Fsp3) is 0.263. The maximum Gasteiger partial charge on any atom is 0.258 e. The molecule has 0 fully saturated rings. The molecule has 3 aromatic rings. The van der Waals surface area contributed by atoms with E-state index < -0.39 is 0 Å². The number of carbonyl (C=O) groups is 1. The number of hydrogen-bond acceptors (Lipinski definition) is 4.